The molecule has 6 heteroatoms. The molecule has 272 valence electrons. The monoisotopic (exact) mass is 714 g/mol. The van der Waals surface area contributed by atoms with Crippen LogP contribution < -0.4 is 0 Å². The van der Waals surface area contributed by atoms with E-state index in [1.807, 2.05) is 55.5 Å². The van der Waals surface area contributed by atoms with Gasteiger partial charge in [0.1, 0.15) is 0 Å². The van der Waals surface area contributed by atoms with Crippen LogP contribution in [0.1, 0.15) is 92.2 Å². The number of unbranched alkanes of at least 4 members (excludes halogenated alkanes) is 3. The Kier molecular flexibility index (Phi) is 12.2. The summed E-state index contributed by atoms with van der Waals surface area (Å²) in [5.41, 5.74) is 7.38. The van der Waals surface area contributed by atoms with Crippen molar-refractivity contribution in [3.63, 3.8) is 0 Å². The van der Waals surface area contributed by atoms with Crippen molar-refractivity contribution in [2.24, 2.45) is 0 Å². The standard InChI is InChI=1S/C47H46F4N2/c1-4-6-8-10-33-13-17-35(18-14-33)37-23-26-40(27-24-37)47(3,41-28-30-44(49)53-46(41)51)42(31-39-25-29-43(48)52-45(39)50)38-21-19-36(20-22-38)34-15-11-32(12-16-34)9-7-5-2/h11-30,42H,4-10,31H2,1-3H3. The van der Waals surface area contributed by atoms with Crippen LogP contribution in [0, 0.1) is 23.8 Å². The largest absolute Gasteiger partial charge is 0.219 e. The average molecular weight is 715 g/mol. The molecule has 0 bridgehead atoms. The summed E-state index contributed by atoms with van der Waals surface area (Å²) in [5, 5.41) is 0. The van der Waals surface area contributed by atoms with Gasteiger partial charge in [-0.05, 0) is 101 Å². The van der Waals surface area contributed by atoms with Crippen molar-refractivity contribution in [2.45, 2.75) is 83.5 Å². The number of hydrogen-bond donors (Lipinski definition) is 0. The van der Waals surface area contributed by atoms with E-state index < -0.39 is 35.1 Å². The zero-order valence-electron chi connectivity index (χ0n) is 30.7. The molecule has 2 atom stereocenters. The van der Waals surface area contributed by atoms with Gasteiger partial charge in [0, 0.05) is 22.5 Å². The summed E-state index contributed by atoms with van der Waals surface area (Å²) in [6.45, 7) is 6.26. The Balaban J connectivity index is 1.43. The molecule has 0 saturated heterocycles. The molecule has 0 aliphatic rings. The van der Waals surface area contributed by atoms with Gasteiger partial charge in [-0.2, -0.15) is 27.5 Å². The highest BCUT2D eigenvalue weighted by Crippen LogP contribution is 2.48. The van der Waals surface area contributed by atoms with E-state index in [-0.39, 0.29) is 17.5 Å². The molecule has 0 fully saturated rings. The Hall–Kier alpha value is -5.10. The van der Waals surface area contributed by atoms with Crippen molar-refractivity contribution >= 4 is 0 Å². The lowest BCUT2D eigenvalue weighted by molar-refractivity contribution is 0.398. The van der Waals surface area contributed by atoms with E-state index in [1.165, 1.54) is 36.1 Å². The Bertz CT molecular complexity index is 2090. The molecule has 0 saturated carbocycles. The van der Waals surface area contributed by atoms with Gasteiger partial charge in [0.15, 0.2) is 0 Å². The smallest absolute Gasteiger partial charge is 0.190 e. The second kappa shape index (κ2) is 17.2. The van der Waals surface area contributed by atoms with Crippen molar-refractivity contribution < 1.29 is 17.6 Å². The van der Waals surface area contributed by atoms with E-state index in [4.69, 9.17) is 0 Å². The van der Waals surface area contributed by atoms with Gasteiger partial charge in [-0.25, -0.2) is 0 Å². The third-order valence-corrected chi connectivity index (χ3v) is 10.6. The summed E-state index contributed by atoms with van der Waals surface area (Å²) in [7, 11) is 0. The highest BCUT2D eigenvalue weighted by molar-refractivity contribution is 5.66. The Morgan fingerprint density at radius 1 is 0.509 bits per heavy atom. The fraction of sp³-hybridized carbons (Fsp3) is 0.277. The first-order chi connectivity index (χ1) is 25.7. The van der Waals surface area contributed by atoms with E-state index in [9.17, 15) is 8.78 Å². The molecule has 0 spiro atoms. The minimum absolute atomic E-state index is 0.0547. The summed E-state index contributed by atoms with van der Waals surface area (Å²) in [5.74, 6) is -4.34. The maximum absolute atomic E-state index is 16.0. The van der Waals surface area contributed by atoms with Gasteiger partial charge in [0.2, 0.25) is 23.8 Å². The number of pyridine rings is 2. The number of nitrogens with zero attached hydrogens (tertiary/aromatic N) is 2. The molecular weight excluding hydrogens is 669 g/mol. The lowest BCUT2D eigenvalue weighted by Gasteiger charge is -2.39. The lowest BCUT2D eigenvalue weighted by Crippen LogP contribution is -2.35. The molecule has 6 rings (SSSR count). The van der Waals surface area contributed by atoms with Gasteiger partial charge in [0.05, 0.1) is 0 Å². The maximum Gasteiger partial charge on any atom is 0.219 e. The lowest BCUT2D eigenvalue weighted by atomic mass is 9.63. The van der Waals surface area contributed by atoms with E-state index in [2.05, 4.69) is 72.3 Å². The summed E-state index contributed by atoms with van der Waals surface area (Å²) in [6.07, 6.45) is 7.94. The van der Waals surface area contributed by atoms with Crippen LogP contribution in [0.4, 0.5) is 17.6 Å². The molecule has 2 heterocycles. The summed E-state index contributed by atoms with van der Waals surface area (Å²) >= 11 is 0. The fourth-order valence-electron chi connectivity index (χ4n) is 7.42. The first-order valence-electron chi connectivity index (χ1n) is 18.7. The Labute approximate surface area is 311 Å². The third kappa shape index (κ3) is 8.76. The molecule has 6 aromatic rings. The van der Waals surface area contributed by atoms with Crippen LogP contribution in [-0.4, -0.2) is 9.97 Å². The molecule has 4 aromatic carbocycles. The molecule has 0 amide bonds. The first kappa shape index (κ1) is 37.7. The molecule has 0 aliphatic heterocycles. The van der Waals surface area contributed by atoms with Crippen molar-refractivity contribution in [1.29, 1.82) is 0 Å². The Morgan fingerprint density at radius 2 is 0.981 bits per heavy atom. The van der Waals surface area contributed by atoms with E-state index in [0.717, 1.165) is 77.6 Å². The van der Waals surface area contributed by atoms with Gasteiger partial charge < -0.3 is 0 Å². The molecule has 0 N–H and O–H groups in total. The zero-order chi connectivity index (χ0) is 37.4. The Morgan fingerprint density at radius 3 is 1.49 bits per heavy atom. The van der Waals surface area contributed by atoms with E-state index in [0.29, 0.717) is 0 Å². The SMILES string of the molecule is CCCCCc1ccc(-c2ccc(C(C)(c3ccc(F)nc3F)C(Cc3ccc(F)nc3F)c3ccc(-c4ccc(CCCC)cc4)cc3)cc2)cc1. The number of benzene rings is 4. The van der Waals surface area contributed by atoms with E-state index in [1.54, 1.807) is 0 Å². The molecule has 2 nitrogen and oxygen atoms in total. The van der Waals surface area contributed by atoms with Gasteiger partial charge in [-0.15, -0.1) is 0 Å². The predicted octanol–water partition coefficient (Wildman–Crippen LogP) is 12.8. The fourth-order valence-corrected chi connectivity index (χ4v) is 7.42. The summed E-state index contributed by atoms with van der Waals surface area (Å²) in [6, 6.07) is 38.0. The zero-order valence-corrected chi connectivity index (χ0v) is 30.7. The second-order valence-electron chi connectivity index (χ2n) is 14.2. The first-order valence-corrected chi connectivity index (χ1v) is 18.7. The molecule has 2 unspecified atom stereocenters. The van der Waals surface area contributed by atoms with Crippen LogP contribution in [0.25, 0.3) is 22.3 Å². The van der Waals surface area contributed by atoms with Gasteiger partial charge in [-0.3, -0.25) is 0 Å². The third-order valence-electron chi connectivity index (χ3n) is 10.6. The second-order valence-corrected chi connectivity index (χ2v) is 14.2. The quantitative estimate of drug-likeness (QED) is 0.0601. The van der Waals surface area contributed by atoms with Crippen LogP contribution in [0.2, 0.25) is 0 Å². The normalized spacial score (nSPS) is 13.1. The molecular formula is C47H46F4N2. The number of halogens is 4. The van der Waals surface area contributed by atoms with Crippen LogP contribution >= 0.6 is 0 Å². The van der Waals surface area contributed by atoms with Gasteiger partial charge >= 0.3 is 0 Å². The van der Waals surface area contributed by atoms with E-state index >= 15 is 8.78 Å². The number of rotatable bonds is 15. The van der Waals surface area contributed by atoms with Crippen LogP contribution in [0.5, 0.6) is 0 Å². The molecule has 0 aliphatic carbocycles. The van der Waals surface area contributed by atoms with Crippen molar-refractivity contribution in [1.82, 2.24) is 9.97 Å². The van der Waals surface area contributed by atoms with Crippen LogP contribution in [0.15, 0.2) is 121 Å². The van der Waals surface area contributed by atoms with Crippen molar-refractivity contribution in [3.8, 4) is 22.3 Å². The number of hydrogen-bond acceptors (Lipinski definition) is 2. The van der Waals surface area contributed by atoms with Gasteiger partial charge in [-0.1, -0.05) is 137 Å². The molecule has 0 radical (unpaired) electrons. The van der Waals surface area contributed by atoms with Crippen LogP contribution in [0.3, 0.4) is 0 Å². The van der Waals surface area contributed by atoms with Crippen molar-refractivity contribution in [3.05, 3.63) is 178 Å². The predicted molar refractivity (Wildman–Crippen MR) is 207 cm³/mol. The van der Waals surface area contributed by atoms with Crippen molar-refractivity contribution in [2.75, 3.05) is 0 Å². The highest BCUT2D eigenvalue weighted by atomic mass is 19.1. The summed E-state index contributed by atoms with van der Waals surface area (Å²) < 4.78 is 59.6. The average Bonchev–Trinajstić information content (AvgIpc) is 3.17. The summed E-state index contributed by atoms with van der Waals surface area (Å²) in [4.78, 5) is 7.05. The molecule has 53 heavy (non-hydrogen) atoms. The minimum Gasteiger partial charge on any atom is -0.190 e. The number of aryl methyl sites for hydroxylation is 2. The van der Waals surface area contributed by atoms with Crippen LogP contribution in [-0.2, 0) is 24.7 Å². The van der Waals surface area contributed by atoms with Gasteiger partial charge in [0.25, 0.3) is 0 Å². The minimum atomic E-state index is -1.18. The highest BCUT2D eigenvalue weighted by Gasteiger charge is 2.42. The molecule has 2 aromatic heterocycles. The number of aromatic nitrogens is 2. The maximum atomic E-state index is 16.0. The topological polar surface area (TPSA) is 25.8 Å².